The molecule has 2 aromatic heterocycles. The monoisotopic (exact) mass is 321 g/mol. The summed E-state index contributed by atoms with van der Waals surface area (Å²) in [6.07, 6.45) is -0.504. The van der Waals surface area contributed by atoms with Crippen LogP contribution in [0, 0.1) is 20.8 Å². The molecule has 0 bridgehead atoms. The summed E-state index contributed by atoms with van der Waals surface area (Å²) >= 11 is 0. The molecule has 1 atom stereocenters. The van der Waals surface area contributed by atoms with Gasteiger partial charge in [0.05, 0.1) is 6.10 Å². The van der Waals surface area contributed by atoms with E-state index in [1.54, 1.807) is 26.8 Å². The van der Waals surface area contributed by atoms with Gasteiger partial charge in [-0.25, -0.2) is 0 Å². The lowest BCUT2D eigenvalue weighted by Gasteiger charge is -2.10. The molecule has 0 saturated carbocycles. The average Bonchev–Trinajstić information content (AvgIpc) is 3.03. The highest BCUT2D eigenvalue weighted by atomic mass is 16.5. The van der Waals surface area contributed by atoms with Crippen LogP contribution < -0.4 is 10.6 Å². The van der Waals surface area contributed by atoms with Crippen LogP contribution >= 0.6 is 0 Å². The van der Waals surface area contributed by atoms with E-state index in [1.807, 2.05) is 0 Å². The van der Waals surface area contributed by atoms with E-state index < -0.39 is 17.9 Å². The van der Waals surface area contributed by atoms with Crippen LogP contribution in [0.25, 0.3) is 0 Å². The average molecular weight is 321 g/mol. The number of hydrogen-bond donors (Lipinski definition) is 3. The Morgan fingerprint density at radius 3 is 2.52 bits per heavy atom. The zero-order chi connectivity index (χ0) is 17.0. The van der Waals surface area contributed by atoms with Gasteiger partial charge >= 0.3 is 11.8 Å². The normalized spacial score (nSPS) is 12.0. The Morgan fingerprint density at radius 2 is 1.96 bits per heavy atom. The molecule has 0 radical (unpaired) electrons. The largest absolute Gasteiger partial charge is 0.466 e. The summed E-state index contributed by atoms with van der Waals surface area (Å²) in [5.41, 5.74) is 0.680. The Labute approximate surface area is 132 Å². The zero-order valence-corrected chi connectivity index (χ0v) is 13.2. The van der Waals surface area contributed by atoms with E-state index in [2.05, 4.69) is 15.8 Å². The van der Waals surface area contributed by atoms with Gasteiger partial charge in [-0.3, -0.25) is 14.9 Å². The van der Waals surface area contributed by atoms with E-state index in [0.717, 1.165) is 0 Å². The molecule has 23 heavy (non-hydrogen) atoms. The summed E-state index contributed by atoms with van der Waals surface area (Å²) in [5.74, 6) is 0.395. The maximum atomic E-state index is 11.7. The number of amides is 2. The summed E-state index contributed by atoms with van der Waals surface area (Å²) in [4.78, 5) is 23.3. The van der Waals surface area contributed by atoms with Crippen LogP contribution in [0.4, 0.5) is 5.82 Å². The second-order valence-corrected chi connectivity index (χ2v) is 5.21. The summed E-state index contributed by atoms with van der Waals surface area (Å²) in [5, 5.41) is 18.4. The second kappa shape index (κ2) is 7.10. The molecule has 0 spiro atoms. The van der Waals surface area contributed by atoms with Gasteiger partial charge in [0, 0.05) is 18.2 Å². The zero-order valence-electron chi connectivity index (χ0n) is 13.2. The lowest BCUT2D eigenvalue weighted by atomic mass is 10.1. The van der Waals surface area contributed by atoms with Crippen molar-refractivity contribution in [1.82, 2.24) is 10.5 Å². The maximum absolute atomic E-state index is 11.7. The van der Waals surface area contributed by atoms with Gasteiger partial charge in [-0.05, 0) is 33.3 Å². The van der Waals surface area contributed by atoms with Crippen molar-refractivity contribution in [2.75, 3.05) is 11.9 Å². The quantitative estimate of drug-likeness (QED) is 0.716. The molecule has 0 aliphatic carbocycles. The summed E-state index contributed by atoms with van der Waals surface area (Å²) < 4.78 is 10.1. The van der Waals surface area contributed by atoms with E-state index >= 15 is 0 Å². The number of aryl methyl sites for hydroxylation is 3. The van der Waals surface area contributed by atoms with Crippen molar-refractivity contribution >= 4 is 17.6 Å². The molecule has 0 fully saturated rings. The fourth-order valence-electron chi connectivity index (χ4n) is 2.14. The molecule has 8 nitrogen and oxygen atoms in total. The Balaban J connectivity index is 1.78. The van der Waals surface area contributed by atoms with E-state index in [1.165, 1.54) is 6.07 Å². The number of furan rings is 1. The molecule has 2 heterocycles. The number of nitrogens with zero attached hydrogens (tertiary/aromatic N) is 1. The molecule has 2 rings (SSSR count). The molecule has 0 aromatic carbocycles. The van der Waals surface area contributed by atoms with E-state index in [4.69, 9.17) is 8.94 Å². The Bertz CT molecular complexity index is 704. The number of aliphatic hydroxyl groups is 1. The van der Waals surface area contributed by atoms with Crippen LogP contribution in [0.1, 0.15) is 35.4 Å². The highest BCUT2D eigenvalue weighted by Gasteiger charge is 2.17. The minimum absolute atomic E-state index is 0.148. The van der Waals surface area contributed by atoms with Crippen molar-refractivity contribution in [1.29, 1.82) is 0 Å². The van der Waals surface area contributed by atoms with E-state index in [0.29, 0.717) is 22.8 Å². The molecular formula is C15H19N3O5. The Morgan fingerprint density at radius 1 is 1.22 bits per heavy atom. The van der Waals surface area contributed by atoms with Crippen LogP contribution in [0.15, 0.2) is 21.1 Å². The molecule has 0 saturated heterocycles. The van der Waals surface area contributed by atoms with Gasteiger partial charge in [-0.1, -0.05) is 5.16 Å². The molecule has 8 heteroatoms. The molecule has 2 amide bonds. The third-order valence-corrected chi connectivity index (χ3v) is 3.22. The molecule has 124 valence electrons. The second-order valence-electron chi connectivity index (χ2n) is 5.21. The fraction of sp³-hybridized carbons (Fsp3) is 0.400. The topological polar surface area (TPSA) is 118 Å². The maximum Gasteiger partial charge on any atom is 0.314 e. The van der Waals surface area contributed by atoms with E-state index in [9.17, 15) is 14.7 Å². The van der Waals surface area contributed by atoms with Gasteiger partial charge in [-0.15, -0.1) is 0 Å². The minimum atomic E-state index is -0.844. The number of hydrogen-bond acceptors (Lipinski definition) is 6. The molecule has 0 unspecified atom stereocenters. The smallest absolute Gasteiger partial charge is 0.314 e. The van der Waals surface area contributed by atoms with Gasteiger partial charge in [-0.2, -0.15) is 0 Å². The SMILES string of the molecule is Cc1cc(NC(=O)C(=O)NCC[C@@H](O)c2cc(C)oc2C)no1. The molecule has 0 aliphatic heterocycles. The van der Waals surface area contributed by atoms with Gasteiger partial charge in [0.15, 0.2) is 5.82 Å². The molecule has 0 aliphatic rings. The van der Waals surface area contributed by atoms with Crippen LogP contribution in [-0.4, -0.2) is 28.6 Å². The van der Waals surface area contributed by atoms with Gasteiger partial charge in [0.2, 0.25) is 0 Å². The number of rotatable bonds is 5. The van der Waals surface area contributed by atoms with Gasteiger partial charge in [0.25, 0.3) is 0 Å². The summed E-state index contributed by atoms with van der Waals surface area (Å²) in [6.45, 7) is 5.37. The number of carbonyl (C=O) groups excluding carboxylic acids is 2. The minimum Gasteiger partial charge on any atom is -0.466 e. The highest BCUT2D eigenvalue weighted by molar-refractivity contribution is 6.39. The Hall–Kier alpha value is -2.61. The first-order valence-corrected chi connectivity index (χ1v) is 7.14. The first-order valence-electron chi connectivity index (χ1n) is 7.14. The van der Waals surface area contributed by atoms with Crippen molar-refractivity contribution in [2.24, 2.45) is 0 Å². The predicted octanol–water partition coefficient (Wildman–Crippen LogP) is 1.37. The molecular weight excluding hydrogens is 302 g/mol. The number of aliphatic hydroxyl groups excluding tert-OH is 1. The van der Waals surface area contributed by atoms with Gasteiger partial charge < -0.3 is 19.4 Å². The standard InChI is InChI=1S/C15H19N3O5/c1-8-6-11(10(3)22-8)12(19)4-5-16-14(20)15(21)17-13-7-9(2)23-18-13/h6-7,12,19H,4-5H2,1-3H3,(H,16,20)(H,17,18,21)/t12-/m1/s1. The van der Waals surface area contributed by atoms with Crippen molar-refractivity contribution < 1.29 is 23.6 Å². The van der Waals surface area contributed by atoms with Crippen molar-refractivity contribution in [3.8, 4) is 0 Å². The summed E-state index contributed by atoms with van der Waals surface area (Å²) in [6, 6.07) is 3.25. The van der Waals surface area contributed by atoms with Crippen LogP contribution in [-0.2, 0) is 9.59 Å². The third kappa shape index (κ3) is 4.43. The van der Waals surface area contributed by atoms with E-state index in [-0.39, 0.29) is 18.8 Å². The van der Waals surface area contributed by atoms with Crippen molar-refractivity contribution in [3.63, 3.8) is 0 Å². The number of aromatic nitrogens is 1. The fourth-order valence-corrected chi connectivity index (χ4v) is 2.14. The van der Waals surface area contributed by atoms with Crippen molar-refractivity contribution in [2.45, 2.75) is 33.3 Å². The lowest BCUT2D eigenvalue weighted by Crippen LogP contribution is -2.36. The predicted molar refractivity (Wildman–Crippen MR) is 80.6 cm³/mol. The lowest BCUT2D eigenvalue weighted by molar-refractivity contribution is -0.136. The number of nitrogens with one attached hydrogen (secondary N) is 2. The van der Waals surface area contributed by atoms with Crippen LogP contribution in [0.3, 0.4) is 0 Å². The first kappa shape index (κ1) is 16.8. The summed E-state index contributed by atoms with van der Waals surface area (Å²) in [7, 11) is 0. The number of carbonyl (C=O) groups is 2. The van der Waals surface area contributed by atoms with Gasteiger partial charge in [0.1, 0.15) is 17.3 Å². The first-order chi connectivity index (χ1) is 10.9. The third-order valence-electron chi connectivity index (χ3n) is 3.22. The number of anilines is 1. The van der Waals surface area contributed by atoms with Crippen LogP contribution in [0.5, 0.6) is 0 Å². The highest BCUT2D eigenvalue weighted by Crippen LogP contribution is 2.23. The molecule has 2 aromatic rings. The van der Waals surface area contributed by atoms with Crippen LogP contribution in [0.2, 0.25) is 0 Å². The van der Waals surface area contributed by atoms with Crippen molar-refractivity contribution in [3.05, 3.63) is 35.0 Å². The molecule has 3 N–H and O–H groups in total. The Kier molecular flexibility index (Phi) is 5.17.